The fourth-order valence-corrected chi connectivity index (χ4v) is 2.55. The maximum absolute atomic E-state index is 12.8. The van der Waals surface area contributed by atoms with Crippen molar-refractivity contribution >= 4 is 23.3 Å². The first-order valence-corrected chi connectivity index (χ1v) is 8.24. The van der Waals surface area contributed by atoms with Gasteiger partial charge >= 0.3 is 0 Å². The van der Waals surface area contributed by atoms with E-state index in [1.807, 2.05) is 54.6 Å². The highest BCUT2D eigenvalue weighted by atomic mass is 35.5. The fraction of sp³-hybridized carbons (Fsp3) is 0.100. The van der Waals surface area contributed by atoms with Crippen LogP contribution < -0.4 is 9.64 Å². The van der Waals surface area contributed by atoms with Crippen molar-refractivity contribution in [3.05, 3.63) is 89.6 Å². The lowest BCUT2D eigenvalue weighted by Crippen LogP contribution is -2.35. The number of benzene rings is 2. The minimum atomic E-state index is -0.192. The number of halogens is 1. The second-order valence-corrected chi connectivity index (χ2v) is 5.78. The molecule has 0 aliphatic heterocycles. The Hall–Kier alpha value is -2.85. The zero-order chi connectivity index (χ0) is 17.5. The molecule has 1 heterocycles. The number of rotatable bonds is 6. The van der Waals surface area contributed by atoms with Crippen LogP contribution in [0.3, 0.4) is 0 Å². The normalized spacial score (nSPS) is 10.3. The van der Waals surface area contributed by atoms with Crippen LogP contribution >= 0.6 is 11.6 Å². The van der Waals surface area contributed by atoms with E-state index >= 15 is 0 Å². The summed E-state index contributed by atoms with van der Waals surface area (Å²) >= 11 is 6.07. The van der Waals surface area contributed by atoms with Gasteiger partial charge in [0.15, 0.2) is 6.61 Å². The summed E-state index contributed by atoms with van der Waals surface area (Å²) in [4.78, 5) is 18.6. The predicted octanol–water partition coefficient (Wildman–Crippen LogP) is 4.35. The van der Waals surface area contributed by atoms with E-state index in [2.05, 4.69) is 4.98 Å². The summed E-state index contributed by atoms with van der Waals surface area (Å²) < 4.78 is 5.59. The number of pyridine rings is 1. The lowest BCUT2D eigenvalue weighted by molar-refractivity contribution is -0.120. The summed E-state index contributed by atoms with van der Waals surface area (Å²) in [5.41, 5.74) is 1.01. The molecule has 0 saturated heterocycles. The summed E-state index contributed by atoms with van der Waals surface area (Å²) in [5.74, 6) is 0.875. The molecule has 5 heteroatoms. The highest BCUT2D eigenvalue weighted by molar-refractivity contribution is 6.32. The average Bonchev–Trinajstić information content (AvgIpc) is 2.67. The second-order valence-electron chi connectivity index (χ2n) is 5.37. The van der Waals surface area contributed by atoms with Crippen LogP contribution in [-0.2, 0) is 11.3 Å². The number of ether oxygens (including phenoxy) is 1. The predicted molar refractivity (Wildman–Crippen MR) is 98.8 cm³/mol. The van der Waals surface area contributed by atoms with Gasteiger partial charge in [-0.2, -0.15) is 0 Å². The van der Waals surface area contributed by atoms with Gasteiger partial charge in [-0.05, 0) is 29.8 Å². The lowest BCUT2D eigenvalue weighted by atomic mass is 10.2. The molecule has 0 spiro atoms. The van der Waals surface area contributed by atoms with Gasteiger partial charge in [-0.25, -0.2) is 4.98 Å². The molecule has 2 aromatic carbocycles. The first-order valence-electron chi connectivity index (χ1n) is 7.86. The number of hydrogen-bond acceptors (Lipinski definition) is 3. The van der Waals surface area contributed by atoms with Crippen LogP contribution in [0.4, 0.5) is 5.82 Å². The maximum atomic E-state index is 12.8. The van der Waals surface area contributed by atoms with E-state index in [4.69, 9.17) is 16.3 Å². The molecule has 1 amide bonds. The van der Waals surface area contributed by atoms with E-state index in [1.165, 1.54) is 0 Å². The summed E-state index contributed by atoms with van der Waals surface area (Å²) in [5, 5.41) is 0.475. The number of aromatic nitrogens is 1. The molecule has 4 nitrogen and oxygen atoms in total. The Morgan fingerprint density at radius 2 is 1.68 bits per heavy atom. The van der Waals surface area contributed by atoms with Crippen molar-refractivity contribution in [1.29, 1.82) is 0 Å². The van der Waals surface area contributed by atoms with Gasteiger partial charge in [0.05, 0.1) is 11.6 Å². The number of nitrogens with zero attached hydrogens (tertiary/aromatic N) is 2. The van der Waals surface area contributed by atoms with Crippen molar-refractivity contribution in [2.75, 3.05) is 11.5 Å². The minimum absolute atomic E-state index is 0.118. The number of carbonyl (C=O) groups is 1. The summed E-state index contributed by atoms with van der Waals surface area (Å²) in [6.45, 7) is 0.301. The molecule has 0 aliphatic carbocycles. The highest BCUT2D eigenvalue weighted by Gasteiger charge is 2.18. The average molecular weight is 353 g/mol. The molecule has 0 radical (unpaired) electrons. The molecular formula is C20H17ClN2O2. The van der Waals surface area contributed by atoms with Gasteiger partial charge in [0.25, 0.3) is 5.91 Å². The van der Waals surface area contributed by atoms with Crippen molar-refractivity contribution < 1.29 is 9.53 Å². The van der Waals surface area contributed by atoms with Crippen molar-refractivity contribution in [2.45, 2.75) is 6.54 Å². The van der Waals surface area contributed by atoms with E-state index in [1.54, 1.807) is 29.3 Å². The zero-order valence-electron chi connectivity index (χ0n) is 13.5. The Morgan fingerprint density at radius 3 is 2.40 bits per heavy atom. The molecule has 0 unspecified atom stereocenters. The molecule has 0 aliphatic rings. The van der Waals surface area contributed by atoms with Crippen molar-refractivity contribution in [2.24, 2.45) is 0 Å². The minimum Gasteiger partial charge on any atom is -0.482 e. The van der Waals surface area contributed by atoms with Crippen LogP contribution in [-0.4, -0.2) is 17.5 Å². The summed E-state index contributed by atoms with van der Waals surface area (Å²) in [7, 11) is 0. The van der Waals surface area contributed by atoms with E-state index in [0.29, 0.717) is 23.1 Å². The van der Waals surface area contributed by atoms with E-state index in [0.717, 1.165) is 5.56 Å². The van der Waals surface area contributed by atoms with Crippen LogP contribution in [0.25, 0.3) is 0 Å². The number of anilines is 1. The lowest BCUT2D eigenvalue weighted by Gasteiger charge is -2.22. The topological polar surface area (TPSA) is 42.4 Å². The SMILES string of the molecule is O=C(COc1ccccc1Cl)N(Cc1ccccc1)c1ccccn1. The molecule has 3 aromatic rings. The Bertz CT molecular complexity index is 825. The number of amides is 1. The Labute approximate surface area is 151 Å². The molecule has 0 bridgehead atoms. The standard InChI is InChI=1S/C20H17ClN2O2/c21-17-10-4-5-11-18(17)25-15-20(24)23(19-12-6-7-13-22-19)14-16-8-2-1-3-9-16/h1-13H,14-15H2. The fourth-order valence-electron chi connectivity index (χ4n) is 2.36. The quantitative estimate of drug-likeness (QED) is 0.662. The largest absolute Gasteiger partial charge is 0.482 e. The van der Waals surface area contributed by atoms with Crippen molar-refractivity contribution in [3.8, 4) is 5.75 Å². The first kappa shape index (κ1) is 17.0. The van der Waals surface area contributed by atoms with Crippen LogP contribution in [0, 0.1) is 0 Å². The highest BCUT2D eigenvalue weighted by Crippen LogP contribution is 2.23. The maximum Gasteiger partial charge on any atom is 0.266 e. The Morgan fingerprint density at radius 1 is 0.960 bits per heavy atom. The first-order chi connectivity index (χ1) is 12.2. The number of para-hydroxylation sites is 1. The third-order valence-corrected chi connectivity index (χ3v) is 3.91. The molecule has 25 heavy (non-hydrogen) atoms. The molecular weight excluding hydrogens is 336 g/mol. The molecule has 3 rings (SSSR count). The van der Waals surface area contributed by atoms with Gasteiger partial charge in [0, 0.05) is 6.20 Å². The van der Waals surface area contributed by atoms with Crippen LogP contribution in [0.1, 0.15) is 5.56 Å². The van der Waals surface area contributed by atoms with E-state index in [9.17, 15) is 4.79 Å². The van der Waals surface area contributed by atoms with E-state index < -0.39 is 0 Å². The molecule has 0 saturated carbocycles. The Balaban J connectivity index is 1.76. The summed E-state index contributed by atoms with van der Waals surface area (Å²) in [6.07, 6.45) is 1.66. The number of hydrogen-bond donors (Lipinski definition) is 0. The molecule has 0 N–H and O–H groups in total. The third-order valence-electron chi connectivity index (χ3n) is 3.60. The van der Waals surface area contributed by atoms with Gasteiger partial charge in [0.1, 0.15) is 11.6 Å². The second kappa shape index (κ2) is 8.31. The van der Waals surface area contributed by atoms with Gasteiger partial charge in [0.2, 0.25) is 0 Å². The van der Waals surface area contributed by atoms with Gasteiger partial charge in [-0.3, -0.25) is 9.69 Å². The van der Waals surface area contributed by atoms with Gasteiger partial charge in [-0.1, -0.05) is 60.1 Å². The molecule has 0 fully saturated rings. The zero-order valence-corrected chi connectivity index (χ0v) is 14.3. The molecule has 0 atom stereocenters. The van der Waals surface area contributed by atoms with Crippen molar-refractivity contribution in [3.63, 3.8) is 0 Å². The van der Waals surface area contributed by atoms with Gasteiger partial charge in [-0.15, -0.1) is 0 Å². The molecule has 126 valence electrons. The Kier molecular flexibility index (Phi) is 5.65. The monoisotopic (exact) mass is 352 g/mol. The van der Waals surface area contributed by atoms with Crippen LogP contribution in [0.2, 0.25) is 5.02 Å². The molecule has 1 aromatic heterocycles. The van der Waals surface area contributed by atoms with Gasteiger partial charge < -0.3 is 4.74 Å². The van der Waals surface area contributed by atoms with E-state index in [-0.39, 0.29) is 12.5 Å². The van der Waals surface area contributed by atoms with Crippen LogP contribution in [0.5, 0.6) is 5.75 Å². The van der Waals surface area contributed by atoms with Crippen molar-refractivity contribution in [1.82, 2.24) is 4.98 Å². The van der Waals surface area contributed by atoms with Crippen LogP contribution in [0.15, 0.2) is 79.0 Å². The summed E-state index contributed by atoms with van der Waals surface area (Å²) in [6, 6.07) is 22.3. The third kappa shape index (κ3) is 4.58. The smallest absolute Gasteiger partial charge is 0.266 e. The number of carbonyl (C=O) groups excluding carboxylic acids is 1.